The molecule has 3 aromatic rings. The fourth-order valence-corrected chi connectivity index (χ4v) is 3.18. The molecule has 0 fully saturated rings. The standard InChI is InChI=1S/C18H16BrF4N5O/c1-11-16(19)17(18(21,22)23)26-28(11)7-6-15(29)25-13-8-24-27(10-13)9-12-4-2-3-5-14(12)20/h2-5,8,10H,6-7,9H2,1H3,(H,25,29). The molecule has 0 aliphatic heterocycles. The Balaban J connectivity index is 1.58. The van der Waals surface area contributed by atoms with Crippen molar-refractivity contribution in [3.8, 4) is 0 Å². The van der Waals surface area contributed by atoms with E-state index in [0.717, 1.165) is 4.68 Å². The summed E-state index contributed by atoms with van der Waals surface area (Å²) in [6, 6.07) is 6.28. The van der Waals surface area contributed by atoms with Crippen molar-refractivity contribution in [2.75, 3.05) is 5.32 Å². The van der Waals surface area contributed by atoms with E-state index in [1.54, 1.807) is 24.4 Å². The highest BCUT2D eigenvalue weighted by molar-refractivity contribution is 9.10. The van der Waals surface area contributed by atoms with Gasteiger partial charge in [-0.15, -0.1) is 0 Å². The molecule has 1 N–H and O–H groups in total. The lowest BCUT2D eigenvalue weighted by atomic mass is 10.2. The number of halogens is 5. The van der Waals surface area contributed by atoms with Crippen molar-refractivity contribution in [2.45, 2.75) is 32.6 Å². The number of alkyl halides is 3. The zero-order chi connectivity index (χ0) is 21.2. The van der Waals surface area contributed by atoms with E-state index >= 15 is 0 Å². The number of carbonyl (C=O) groups excluding carboxylic acids is 1. The van der Waals surface area contributed by atoms with Crippen LogP contribution in [0.2, 0.25) is 0 Å². The summed E-state index contributed by atoms with van der Waals surface area (Å²) in [6.07, 6.45) is -1.70. The molecule has 1 aromatic carbocycles. The molecule has 0 saturated heterocycles. The minimum atomic E-state index is -4.58. The van der Waals surface area contributed by atoms with Crippen LogP contribution < -0.4 is 5.32 Å². The van der Waals surface area contributed by atoms with Crippen LogP contribution in [0.3, 0.4) is 0 Å². The average Bonchev–Trinajstić information content (AvgIpc) is 3.20. The predicted molar refractivity (Wildman–Crippen MR) is 101 cm³/mol. The van der Waals surface area contributed by atoms with Gasteiger partial charge in [0.05, 0.1) is 35.1 Å². The number of hydrogen-bond donors (Lipinski definition) is 1. The summed E-state index contributed by atoms with van der Waals surface area (Å²) in [6.45, 7) is 1.66. The molecule has 3 rings (SSSR count). The van der Waals surface area contributed by atoms with E-state index in [4.69, 9.17) is 0 Å². The molecule has 0 radical (unpaired) electrons. The molecule has 29 heavy (non-hydrogen) atoms. The smallest absolute Gasteiger partial charge is 0.323 e. The van der Waals surface area contributed by atoms with E-state index in [0.29, 0.717) is 11.3 Å². The second-order valence-electron chi connectivity index (χ2n) is 6.29. The number of nitrogens with one attached hydrogen (secondary N) is 1. The highest BCUT2D eigenvalue weighted by atomic mass is 79.9. The first-order valence-corrected chi connectivity index (χ1v) is 9.30. The lowest BCUT2D eigenvalue weighted by Crippen LogP contribution is -2.16. The largest absolute Gasteiger partial charge is 0.436 e. The number of hydrogen-bond acceptors (Lipinski definition) is 3. The summed E-state index contributed by atoms with van der Waals surface area (Å²) >= 11 is 2.89. The molecule has 0 aliphatic carbocycles. The molecule has 6 nitrogen and oxygen atoms in total. The maximum absolute atomic E-state index is 13.7. The van der Waals surface area contributed by atoms with Crippen molar-refractivity contribution >= 4 is 27.5 Å². The Morgan fingerprint density at radius 3 is 2.66 bits per heavy atom. The van der Waals surface area contributed by atoms with Gasteiger partial charge in [0.1, 0.15) is 5.82 Å². The fraction of sp³-hybridized carbons (Fsp3) is 0.278. The van der Waals surface area contributed by atoms with Crippen molar-refractivity contribution in [3.05, 3.63) is 63.9 Å². The number of amides is 1. The first-order chi connectivity index (χ1) is 13.6. The zero-order valence-corrected chi connectivity index (χ0v) is 16.8. The molecular formula is C18H16BrF4N5O. The van der Waals surface area contributed by atoms with Crippen molar-refractivity contribution in [3.63, 3.8) is 0 Å². The molecule has 0 spiro atoms. The Kier molecular flexibility index (Phi) is 6.06. The SMILES string of the molecule is Cc1c(Br)c(C(F)(F)F)nn1CCC(=O)Nc1cnn(Cc2ccccc2F)c1. The third-order valence-electron chi connectivity index (χ3n) is 4.16. The lowest BCUT2D eigenvalue weighted by molar-refractivity contribution is -0.142. The minimum Gasteiger partial charge on any atom is -0.323 e. The molecule has 2 heterocycles. The molecule has 0 unspecified atom stereocenters. The summed E-state index contributed by atoms with van der Waals surface area (Å²) in [5.74, 6) is -0.761. The lowest BCUT2D eigenvalue weighted by Gasteiger charge is -2.05. The Labute approximate surface area is 171 Å². The highest BCUT2D eigenvalue weighted by Gasteiger charge is 2.37. The van der Waals surface area contributed by atoms with Crippen LogP contribution in [0.5, 0.6) is 0 Å². The predicted octanol–water partition coefficient (Wildman–Crippen LogP) is 4.39. The molecule has 0 atom stereocenters. The van der Waals surface area contributed by atoms with Crippen LogP contribution in [0, 0.1) is 12.7 Å². The summed E-state index contributed by atoms with van der Waals surface area (Å²) < 4.78 is 54.8. The Morgan fingerprint density at radius 2 is 2.00 bits per heavy atom. The molecule has 2 aromatic heterocycles. The maximum atomic E-state index is 13.7. The molecule has 0 bridgehead atoms. The first kappa shape index (κ1) is 21.0. The molecule has 11 heteroatoms. The van der Waals surface area contributed by atoms with Crippen LogP contribution in [0.25, 0.3) is 0 Å². The summed E-state index contributed by atoms with van der Waals surface area (Å²) in [5, 5.41) is 10.2. The number of nitrogens with zero attached hydrogens (tertiary/aromatic N) is 4. The van der Waals surface area contributed by atoms with Gasteiger partial charge < -0.3 is 5.32 Å². The molecule has 154 valence electrons. The van der Waals surface area contributed by atoms with Crippen LogP contribution in [-0.4, -0.2) is 25.5 Å². The maximum Gasteiger partial charge on any atom is 0.436 e. The van der Waals surface area contributed by atoms with Gasteiger partial charge >= 0.3 is 6.18 Å². The van der Waals surface area contributed by atoms with Gasteiger partial charge in [-0.1, -0.05) is 18.2 Å². The van der Waals surface area contributed by atoms with Gasteiger partial charge in [-0.05, 0) is 28.9 Å². The third-order valence-corrected chi connectivity index (χ3v) is 5.11. The van der Waals surface area contributed by atoms with Gasteiger partial charge in [0.15, 0.2) is 5.69 Å². The van der Waals surface area contributed by atoms with E-state index < -0.39 is 17.8 Å². The number of rotatable bonds is 6. The van der Waals surface area contributed by atoms with Gasteiger partial charge in [-0.2, -0.15) is 23.4 Å². The second kappa shape index (κ2) is 8.36. The van der Waals surface area contributed by atoms with Crippen LogP contribution >= 0.6 is 15.9 Å². The van der Waals surface area contributed by atoms with Crippen molar-refractivity contribution < 1.29 is 22.4 Å². The van der Waals surface area contributed by atoms with Gasteiger partial charge in [0.25, 0.3) is 0 Å². The second-order valence-corrected chi connectivity index (χ2v) is 7.08. The van der Waals surface area contributed by atoms with Crippen LogP contribution in [-0.2, 0) is 24.1 Å². The van der Waals surface area contributed by atoms with E-state index in [-0.39, 0.29) is 35.5 Å². The molecule has 0 saturated carbocycles. The van der Waals surface area contributed by atoms with Crippen LogP contribution in [0.15, 0.2) is 41.1 Å². The normalized spacial score (nSPS) is 11.7. The van der Waals surface area contributed by atoms with E-state index in [2.05, 4.69) is 31.4 Å². The Bertz CT molecular complexity index is 1030. The van der Waals surface area contributed by atoms with Gasteiger partial charge in [-0.25, -0.2) is 4.39 Å². The molecule has 1 amide bonds. The fourth-order valence-electron chi connectivity index (χ4n) is 2.67. The van der Waals surface area contributed by atoms with Crippen molar-refractivity contribution in [1.29, 1.82) is 0 Å². The minimum absolute atomic E-state index is 0.0181. The van der Waals surface area contributed by atoms with Crippen molar-refractivity contribution in [1.82, 2.24) is 19.6 Å². The topological polar surface area (TPSA) is 64.7 Å². The average molecular weight is 474 g/mol. The number of benzene rings is 1. The number of aromatic nitrogens is 4. The van der Waals surface area contributed by atoms with Crippen LogP contribution in [0.1, 0.15) is 23.4 Å². The number of anilines is 1. The van der Waals surface area contributed by atoms with Crippen molar-refractivity contribution in [2.24, 2.45) is 0 Å². The summed E-state index contributed by atoms with van der Waals surface area (Å²) in [4.78, 5) is 12.1. The highest BCUT2D eigenvalue weighted by Crippen LogP contribution is 2.35. The third kappa shape index (κ3) is 5.03. The van der Waals surface area contributed by atoms with Gasteiger partial charge in [0.2, 0.25) is 5.91 Å². The van der Waals surface area contributed by atoms with E-state index in [1.807, 2.05) is 0 Å². The quantitative estimate of drug-likeness (QED) is 0.540. The van der Waals surface area contributed by atoms with E-state index in [9.17, 15) is 22.4 Å². The summed E-state index contributed by atoms with van der Waals surface area (Å²) in [7, 11) is 0. The molecular weight excluding hydrogens is 458 g/mol. The van der Waals surface area contributed by atoms with Gasteiger partial charge in [-0.3, -0.25) is 14.2 Å². The zero-order valence-electron chi connectivity index (χ0n) is 15.2. The Morgan fingerprint density at radius 1 is 1.28 bits per heavy atom. The first-order valence-electron chi connectivity index (χ1n) is 8.51. The number of carbonyl (C=O) groups is 1. The van der Waals surface area contributed by atoms with Gasteiger partial charge in [0, 0.05) is 18.2 Å². The van der Waals surface area contributed by atoms with E-state index in [1.165, 1.54) is 23.9 Å². The monoisotopic (exact) mass is 473 g/mol. The summed E-state index contributed by atoms with van der Waals surface area (Å²) in [5.41, 5.74) is 0.113. The number of aryl methyl sites for hydroxylation is 1. The Hall–Kier alpha value is -2.69. The van der Waals surface area contributed by atoms with Crippen LogP contribution in [0.4, 0.5) is 23.2 Å². The molecule has 0 aliphatic rings.